The van der Waals surface area contributed by atoms with Crippen LogP contribution in [0, 0.1) is 6.92 Å². The van der Waals surface area contributed by atoms with Crippen LogP contribution in [0.4, 0.5) is 11.5 Å². The number of hydrogen-bond donors (Lipinski definition) is 2. The molecule has 1 aliphatic heterocycles. The molecule has 1 amide bonds. The molecule has 3 aromatic rings. The number of carbonyl (C=O) groups is 1. The summed E-state index contributed by atoms with van der Waals surface area (Å²) in [6.07, 6.45) is 1.82. The average Bonchev–Trinajstić information content (AvgIpc) is 3.16. The van der Waals surface area contributed by atoms with Gasteiger partial charge in [-0.25, -0.2) is 4.98 Å². The van der Waals surface area contributed by atoms with E-state index in [1.54, 1.807) is 23.2 Å². The number of benzene rings is 2. The molecule has 142 valence electrons. The van der Waals surface area contributed by atoms with Gasteiger partial charge in [-0.2, -0.15) is 0 Å². The van der Waals surface area contributed by atoms with Gasteiger partial charge in [-0.1, -0.05) is 48.0 Å². The lowest BCUT2D eigenvalue weighted by atomic mass is 10.1. The molecule has 0 bridgehead atoms. The van der Waals surface area contributed by atoms with E-state index in [4.69, 9.17) is 0 Å². The van der Waals surface area contributed by atoms with Gasteiger partial charge in [-0.05, 0) is 42.7 Å². The molecule has 2 aromatic carbocycles. The summed E-state index contributed by atoms with van der Waals surface area (Å²) in [7, 11) is 0. The van der Waals surface area contributed by atoms with Gasteiger partial charge in [0, 0.05) is 25.0 Å². The molecule has 0 fully saturated rings. The number of hydrogen-bond acceptors (Lipinski definition) is 4. The highest BCUT2D eigenvalue weighted by Gasteiger charge is 2.27. The Morgan fingerprint density at radius 1 is 1.18 bits per heavy atom. The number of anilines is 2. The quantitative estimate of drug-likeness (QED) is 0.715. The maximum Gasteiger partial charge on any atom is 0.262 e. The number of aliphatic hydroxyl groups excluding tert-OH is 1. The number of nitrogens with one attached hydrogen (secondary N) is 1. The van der Waals surface area contributed by atoms with Gasteiger partial charge in [0.2, 0.25) is 0 Å². The molecule has 1 unspecified atom stereocenters. The van der Waals surface area contributed by atoms with Crippen LogP contribution in [0.2, 0.25) is 0 Å². The number of para-hydroxylation sites is 1. The highest BCUT2D eigenvalue weighted by atomic mass is 16.3. The summed E-state index contributed by atoms with van der Waals surface area (Å²) in [6.45, 7) is 2.93. The number of amides is 1. The summed E-state index contributed by atoms with van der Waals surface area (Å²) >= 11 is 0. The second kappa shape index (κ2) is 7.82. The van der Waals surface area contributed by atoms with Crippen LogP contribution in [0.1, 0.15) is 33.2 Å². The topological polar surface area (TPSA) is 65.5 Å². The summed E-state index contributed by atoms with van der Waals surface area (Å²) in [5.41, 5.74) is 4.59. The van der Waals surface area contributed by atoms with Gasteiger partial charge in [-0.15, -0.1) is 0 Å². The lowest BCUT2D eigenvalue weighted by molar-refractivity contribution is 0.0989. The van der Waals surface area contributed by atoms with Crippen LogP contribution in [0.5, 0.6) is 0 Å². The van der Waals surface area contributed by atoms with Gasteiger partial charge in [0.25, 0.3) is 5.91 Å². The van der Waals surface area contributed by atoms with Crippen molar-refractivity contribution in [3.63, 3.8) is 0 Å². The SMILES string of the molecule is Cc1cccc(C(O)CNc2ncccc2C(=O)N2CCc3ccccc32)c1. The molecule has 0 radical (unpaired) electrons. The Hall–Kier alpha value is -3.18. The summed E-state index contributed by atoms with van der Waals surface area (Å²) in [5.74, 6) is 0.411. The van der Waals surface area contributed by atoms with Crippen LogP contribution in [-0.4, -0.2) is 29.1 Å². The molecule has 2 N–H and O–H groups in total. The molecule has 1 atom stereocenters. The Bertz CT molecular complexity index is 1000. The largest absolute Gasteiger partial charge is 0.387 e. The first kappa shape index (κ1) is 18.2. The van der Waals surface area contributed by atoms with E-state index in [0.717, 1.165) is 23.2 Å². The van der Waals surface area contributed by atoms with Gasteiger partial charge in [0.15, 0.2) is 0 Å². The fourth-order valence-electron chi connectivity index (χ4n) is 3.60. The zero-order chi connectivity index (χ0) is 19.5. The van der Waals surface area contributed by atoms with E-state index in [1.807, 2.05) is 49.4 Å². The number of nitrogens with zero attached hydrogens (tertiary/aromatic N) is 2. The van der Waals surface area contributed by atoms with Crippen molar-refractivity contribution in [3.8, 4) is 0 Å². The zero-order valence-corrected chi connectivity index (χ0v) is 15.8. The van der Waals surface area contributed by atoms with Crippen molar-refractivity contribution in [3.05, 3.63) is 89.1 Å². The minimum absolute atomic E-state index is 0.0782. The predicted octanol–water partition coefficient (Wildman–Crippen LogP) is 3.74. The van der Waals surface area contributed by atoms with Gasteiger partial charge in [0.05, 0.1) is 11.7 Å². The minimum atomic E-state index is -0.683. The number of aromatic nitrogens is 1. The number of pyridine rings is 1. The van der Waals surface area contributed by atoms with Crippen molar-refractivity contribution in [2.24, 2.45) is 0 Å². The molecule has 0 saturated heterocycles. The van der Waals surface area contributed by atoms with E-state index in [0.29, 0.717) is 17.9 Å². The van der Waals surface area contributed by atoms with E-state index >= 15 is 0 Å². The standard InChI is InChI=1S/C23H23N3O2/c1-16-6-4-8-18(14-16)21(27)15-25-22-19(9-5-12-24-22)23(28)26-13-11-17-7-2-3-10-20(17)26/h2-10,12,14,21,27H,11,13,15H2,1H3,(H,24,25). The Labute approximate surface area is 164 Å². The third-order valence-corrected chi connectivity index (χ3v) is 5.06. The number of rotatable bonds is 5. The minimum Gasteiger partial charge on any atom is -0.387 e. The maximum absolute atomic E-state index is 13.2. The molecule has 5 nitrogen and oxygen atoms in total. The first-order chi connectivity index (χ1) is 13.6. The number of aliphatic hydroxyl groups is 1. The third-order valence-electron chi connectivity index (χ3n) is 5.06. The average molecular weight is 373 g/mol. The van der Waals surface area contributed by atoms with Crippen LogP contribution in [0.15, 0.2) is 66.9 Å². The monoisotopic (exact) mass is 373 g/mol. The maximum atomic E-state index is 13.2. The highest BCUT2D eigenvalue weighted by molar-refractivity contribution is 6.10. The van der Waals surface area contributed by atoms with Crippen LogP contribution in [0.3, 0.4) is 0 Å². The van der Waals surface area contributed by atoms with E-state index in [9.17, 15) is 9.90 Å². The van der Waals surface area contributed by atoms with Gasteiger partial charge in [-0.3, -0.25) is 4.79 Å². The second-order valence-corrected chi connectivity index (χ2v) is 7.05. The van der Waals surface area contributed by atoms with Crippen LogP contribution >= 0.6 is 0 Å². The van der Waals surface area contributed by atoms with Gasteiger partial charge < -0.3 is 15.3 Å². The molecule has 28 heavy (non-hydrogen) atoms. The van der Waals surface area contributed by atoms with Crippen molar-refractivity contribution < 1.29 is 9.90 Å². The summed E-state index contributed by atoms with van der Waals surface area (Å²) in [5, 5.41) is 13.6. The zero-order valence-electron chi connectivity index (χ0n) is 15.8. The molecular formula is C23H23N3O2. The molecule has 0 aliphatic carbocycles. The van der Waals surface area contributed by atoms with Crippen LogP contribution in [0.25, 0.3) is 0 Å². The van der Waals surface area contributed by atoms with E-state index < -0.39 is 6.10 Å². The molecule has 2 heterocycles. The smallest absolute Gasteiger partial charge is 0.262 e. The van der Waals surface area contributed by atoms with Gasteiger partial charge in [0.1, 0.15) is 5.82 Å². The molecule has 4 rings (SSSR count). The van der Waals surface area contributed by atoms with E-state index in [2.05, 4.69) is 16.4 Å². The van der Waals surface area contributed by atoms with Crippen molar-refractivity contribution in [1.29, 1.82) is 0 Å². The number of aryl methyl sites for hydroxylation is 1. The molecule has 1 aliphatic rings. The lowest BCUT2D eigenvalue weighted by Gasteiger charge is -2.20. The van der Waals surface area contributed by atoms with Crippen LogP contribution in [-0.2, 0) is 6.42 Å². The second-order valence-electron chi connectivity index (χ2n) is 7.05. The predicted molar refractivity (Wildman–Crippen MR) is 111 cm³/mol. The third kappa shape index (κ3) is 3.62. The Balaban J connectivity index is 1.52. The number of fused-ring (bicyclic) bond motifs is 1. The molecule has 5 heteroatoms. The van der Waals surface area contributed by atoms with Crippen molar-refractivity contribution in [2.75, 3.05) is 23.3 Å². The fraction of sp³-hybridized carbons (Fsp3) is 0.217. The number of carbonyl (C=O) groups excluding carboxylic acids is 1. The first-order valence-electron chi connectivity index (χ1n) is 9.47. The normalized spacial score (nSPS) is 13.9. The highest BCUT2D eigenvalue weighted by Crippen LogP contribution is 2.30. The molecule has 0 spiro atoms. The summed E-state index contributed by atoms with van der Waals surface area (Å²) < 4.78 is 0. The Morgan fingerprint density at radius 2 is 2.04 bits per heavy atom. The van der Waals surface area contributed by atoms with Gasteiger partial charge >= 0.3 is 0 Å². The lowest BCUT2D eigenvalue weighted by Crippen LogP contribution is -2.30. The fourth-order valence-corrected chi connectivity index (χ4v) is 3.60. The summed E-state index contributed by atoms with van der Waals surface area (Å²) in [4.78, 5) is 19.3. The van der Waals surface area contributed by atoms with E-state index in [-0.39, 0.29) is 12.5 Å². The first-order valence-corrected chi connectivity index (χ1v) is 9.47. The summed E-state index contributed by atoms with van der Waals surface area (Å²) in [6, 6.07) is 19.3. The van der Waals surface area contributed by atoms with E-state index in [1.165, 1.54) is 5.56 Å². The Morgan fingerprint density at radius 3 is 2.89 bits per heavy atom. The van der Waals surface area contributed by atoms with Crippen molar-refractivity contribution >= 4 is 17.4 Å². The van der Waals surface area contributed by atoms with Crippen molar-refractivity contribution in [2.45, 2.75) is 19.4 Å². The van der Waals surface area contributed by atoms with Crippen LogP contribution < -0.4 is 10.2 Å². The molecular weight excluding hydrogens is 350 g/mol. The Kier molecular flexibility index (Phi) is 5.08. The van der Waals surface area contributed by atoms with Crippen molar-refractivity contribution in [1.82, 2.24) is 4.98 Å². The molecule has 0 saturated carbocycles. The molecule has 1 aromatic heterocycles.